The highest BCUT2D eigenvalue weighted by Crippen LogP contribution is 2.47. The van der Waals surface area contributed by atoms with E-state index in [0.717, 1.165) is 5.52 Å². The van der Waals surface area contributed by atoms with Crippen molar-refractivity contribution in [1.82, 2.24) is 9.97 Å². The first-order valence-corrected chi connectivity index (χ1v) is 9.67. The predicted molar refractivity (Wildman–Crippen MR) is 94.8 cm³/mol. The van der Waals surface area contributed by atoms with Crippen LogP contribution < -0.4 is 11.2 Å². The third-order valence-electron chi connectivity index (χ3n) is 3.66. The lowest BCUT2D eigenvalue weighted by molar-refractivity contribution is 0.278. The van der Waals surface area contributed by atoms with Gasteiger partial charge in [-0.1, -0.05) is 19.9 Å². The van der Waals surface area contributed by atoms with Crippen molar-refractivity contribution in [1.29, 1.82) is 0 Å². The molecule has 0 amide bonds. The molecule has 0 fully saturated rings. The lowest BCUT2D eigenvalue weighted by atomic mass is 10.0. The van der Waals surface area contributed by atoms with Crippen LogP contribution in [-0.2, 0) is 15.6 Å². The first-order chi connectivity index (χ1) is 11.3. The van der Waals surface area contributed by atoms with Crippen molar-refractivity contribution in [3.63, 3.8) is 0 Å². The molecule has 0 bridgehead atoms. The van der Waals surface area contributed by atoms with E-state index < -0.39 is 7.60 Å². The van der Waals surface area contributed by atoms with E-state index in [0.29, 0.717) is 27.7 Å². The molecule has 1 unspecified atom stereocenters. The predicted octanol–water partition coefficient (Wildman–Crippen LogP) is 3.48. The zero-order chi connectivity index (χ0) is 17.5. The summed E-state index contributed by atoms with van der Waals surface area (Å²) < 4.78 is 23.2. The van der Waals surface area contributed by atoms with Gasteiger partial charge in [0, 0.05) is 11.1 Å². The summed E-state index contributed by atoms with van der Waals surface area (Å²) in [4.78, 5) is 17.5. The number of rotatable bonds is 5. The van der Waals surface area contributed by atoms with Crippen molar-refractivity contribution in [2.45, 2.75) is 20.3 Å². The summed E-state index contributed by atoms with van der Waals surface area (Å²) in [5.74, 6) is 5.56. The van der Waals surface area contributed by atoms with Crippen molar-refractivity contribution in [2.75, 3.05) is 0 Å². The Bertz CT molecular complexity index is 934. The van der Waals surface area contributed by atoms with Crippen LogP contribution in [0, 0.1) is 5.92 Å². The largest absolute Gasteiger partial charge is 0.448 e. The number of H-pyrrole nitrogens is 1. The highest BCUT2D eigenvalue weighted by molar-refractivity contribution is 9.10. The Kier molecular flexibility index (Phi) is 4.68. The molecule has 0 saturated heterocycles. The topological polar surface area (TPSA) is 114 Å². The minimum atomic E-state index is -4.25. The second kappa shape index (κ2) is 6.46. The molecule has 128 valence electrons. The molecule has 9 heteroatoms. The number of nitrogens with two attached hydrogens (primary N) is 1. The van der Waals surface area contributed by atoms with Crippen LogP contribution in [0.3, 0.4) is 0 Å². The molecule has 24 heavy (non-hydrogen) atoms. The number of furan rings is 1. The van der Waals surface area contributed by atoms with Gasteiger partial charge in [-0.3, -0.25) is 4.57 Å². The molecule has 0 saturated carbocycles. The van der Waals surface area contributed by atoms with E-state index in [-0.39, 0.29) is 17.0 Å². The molecule has 0 aliphatic rings. The highest BCUT2D eigenvalue weighted by atomic mass is 79.9. The van der Waals surface area contributed by atoms with Gasteiger partial charge in [0.2, 0.25) is 0 Å². The van der Waals surface area contributed by atoms with Crippen LogP contribution in [0.15, 0.2) is 33.6 Å². The van der Waals surface area contributed by atoms with Crippen LogP contribution in [0.2, 0.25) is 0 Å². The number of nitrogens with one attached hydrogen (secondary N) is 1. The molecule has 2 aromatic heterocycles. The molecule has 0 aliphatic heterocycles. The number of para-hydroxylation sites is 1. The van der Waals surface area contributed by atoms with Gasteiger partial charge in [0.05, 0.1) is 17.4 Å². The SMILES string of the molecule is CC(C)Cc1c(Br)oc(-c2cccc3[nH]cnc23)c1P(=O)(O)ON. The molecule has 0 radical (unpaired) electrons. The Labute approximate surface area is 146 Å². The van der Waals surface area contributed by atoms with E-state index in [1.165, 1.54) is 0 Å². The highest BCUT2D eigenvalue weighted by Gasteiger charge is 2.36. The summed E-state index contributed by atoms with van der Waals surface area (Å²) >= 11 is 3.35. The molecule has 7 nitrogen and oxygen atoms in total. The molecular weight excluding hydrogens is 397 g/mol. The van der Waals surface area contributed by atoms with E-state index in [2.05, 4.69) is 30.5 Å². The second-order valence-corrected chi connectivity index (χ2v) is 8.28. The van der Waals surface area contributed by atoms with Crippen molar-refractivity contribution in [2.24, 2.45) is 11.8 Å². The standard InChI is InChI=1S/C15H17BrN3O4P/c1-8(2)6-10-14(24(20,21)23-17)13(22-15(10)16)9-4-3-5-11-12(9)19-7-18-11/h3-5,7-8H,6,17H2,1-2H3,(H,18,19)(H,20,21). The summed E-state index contributed by atoms with van der Waals surface area (Å²) in [6.07, 6.45) is 2.09. The first kappa shape index (κ1) is 17.4. The van der Waals surface area contributed by atoms with Gasteiger partial charge in [0.1, 0.15) is 5.30 Å². The Balaban J connectivity index is 2.32. The molecule has 3 rings (SSSR count). The zero-order valence-corrected chi connectivity index (χ0v) is 15.6. The van der Waals surface area contributed by atoms with Gasteiger partial charge in [0.25, 0.3) is 0 Å². The number of benzene rings is 1. The van der Waals surface area contributed by atoms with Gasteiger partial charge in [-0.25, -0.2) is 15.5 Å². The molecule has 0 aliphatic carbocycles. The maximum Gasteiger partial charge on any atom is 0.379 e. The third-order valence-corrected chi connectivity index (χ3v) is 5.63. The number of halogens is 1. The first-order valence-electron chi connectivity index (χ1n) is 7.30. The van der Waals surface area contributed by atoms with Gasteiger partial charge in [-0.05, 0) is 40.4 Å². The summed E-state index contributed by atoms with van der Waals surface area (Å²) in [5, 5.41) is 0.0704. The van der Waals surface area contributed by atoms with Crippen molar-refractivity contribution in [3.8, 4) is 11.3 Å². The van der Waals surface area contributed by atoms with Crippen LogP contribution in [0.5, 0.6) is 0 Å². The average molecular weight is 414 g/mol. The fourth-order valence-corrected chi connectivity index (χ4v) is 4.43. The van der Waals surface area contributed by atoms with E-state index in [9.17, 15) is 9.46 Å². The second-order valence-electron chi connectivity index (χ2n) is 5.86. The Morgan fingerprint density at radius 1 is 1.50 bits per heavy atom. The lowest BCUT2D eigenvalue weighted by Crippen LogP contribution is -2.16. The molecular formula is C15H17BrN3O4P. The molecule has 1 aromatic carbocycles. The maximum absolute atomic E-state index is 12.6. The third kappa shape index (κ3) is 2.96. The van der Waals surface area contributed by atoms with E-state index in [1.54, 1.807) is 12.4 Å². The maximum atomic E-state index is 12.6. The lowest BCUT2D eigenvalue weighted by Gasteiger charge is -2.12. The number of imidazole rings is 1. The Hall–Kier alpha value is -1.44. The molecule has 2 heterocycles. The minimum absolute atomic E-state index is 0.0704. The smallest absolute Gasteiger partial charge is 0.379 e. The van der Waals surface area contributed by atoms with Crippen molar-refractivity contribution in [3.05, 3.63) is 34.8 Å². The Morgan fingerprint density at radius 3 is 2.92 bits per heavy atom. The molecule has 4 N–H and O–H groups in total. The Morgan fingerprint density at radius 2 is 2.25 bits per heavy atom. The zero-order valence-electron chi connectivity index (χ0n) is 13.1. The van der Waals surface area contributed by atoms with Gasteiger partial charge in [0.15, 0.2) is 10.4 Å². The van der Waals surface area contributed by atoms with Crippen molar-refractivity contribution < 1.29 is 18.5 Å². The summed E-state index contributed by atoms with van der Waals surface area (Å²) in [6, 6.07) is 5.44. The van der Waals surface area contributed by atoms with E-state index in [4.69, 9.17) is 10.3 Å². The van der Waals surface area contributed by atoms with Gasteiger partial charge < -0.3 is 14.3 Å². The number of hydrogen-bond acceptors (Lipinski definition) is 5. The van der Waals surface area contributed by atoms with Crippen LogP contribution in [-0.4, -0.2) is 14.9 Å². The molecule has 3 aromatic rings. The number of hydrogen-bond donors (Lipinski definition) is 3. The normalized spacial score (nSPS) is 14.4. The van der Waals surface area contributed by atoms with Gasteiger partial charge >= 0.3 is 7.60 Å². The summed E-state index contributed by atoms with van der Waals surface area (Å²) in [5.41, 5.74) is 2.58. The fraction of sp³-hybridized carbons (Fsp3) is 0.267. The van der Waals surface area contributed by atoms with Gasteiger partial charge in [-0.2, -0.15) is 0 Å². The van der Waals surface area contributed by atoms with Crippen LogP contribution in [0.1, 0.15) is 19.4 Å². The number of aromatic nitrogens is 2. The molecule has 1 atom stereocenters. The molecule has 0 spiro atoms. The van der Waals surface area contributed by atoms with Crippen LogP contribution >= 0.6 is 23.5 Å². The van der Waals surface area contributed by atoms with E-state index in [1.807, 2.05) is 26.0 Å². The number of fused-ring (bicyclic) bond motifs is 1. The minimum Gasteiger partial charge on any atom is -0.448 e. The summed E-state index contributed by atoms with van der Waals surface area (Å²) in [7, 11) is -4.25. The van der Waals surface area contributed by atoms with Crippen molar-refractivity contribution >= 4 is 39.9 Å². The van der Waals surface area contributed by atoms with Crippen LogP contribution in [0.25, 0.3) is 22.4 Å². The summed E-state index contributed by atoms with van der Waals surface area (Å²) in [6.45, 7) is 4.01. The quantitative estimate of drug-likeness (QED) is 0.435. The average Bonchev–Trinajstić information content (AvgIpc) is 3.12. The van der Waals surface area contributed by atoms with Crippen LogP contribution in [0.4, 0.5) is 0 Å². The number of nitrogens with zero attached hydrogens (tertiary/aromatic N) is 1. The number of aromatic amines is 1. The van der Waals surface area contributed by atoms with Gasteiger partial charge in [-0.15, -0.1) is 0 Å². The van der Waals surface area contributed by atoms with E-state index >= 15 is 0 Å². The monoisotopic (exact) mass is 413 g/mol. The fourth-order valence-electron chi connectivity index (χ4n) is 2.70.